The second-order valence-electron chi connectivity index (χ2n) is 6.77. The lowest BCUT2D eigenvalue weighted by molar-refractivity contribution is -0.140. The van der Waals surface area contributed by atoms with E-state index in [1.807, 2.05) is 19.1 Å². The highest BCUT2D eigenvalue weighted by Crippen LogP contribution is 2.34. The average molecular weight is 437 g/mol. The van der Waals surface area contributed by atoms with Crippen molar-refractivity contribution in [1.82, 2.24) is 14.7 Å². The van der Waals surface area contributed by atoms with Gasteiger partial charge in [-0.1, -0.05) is 53.6 Å². The Balaban J connectivity index is 2.19. The number of nitrogen functional groups attached to an aromatic ring is 1. The molecule has 0 atom stereocenters. The number of carbonyl (C=O) groups is 1. The summed E-state index contributed by atoms with van der Waals surface area (Å²) >= 11 is 6.32. The van der Waals surface area contributed by atoms with Crippen molar-refractivity contribution in [2.45, 2.75) is 20.0 Å². The Kier molecular flexibility index (Phi) is 6.07. The molecule has 0 aliphatic rings. The number of alkyl halides is 3. The van der Waals surface area contributed by atoms with Crippen LogP contribution in [0.2, 0.25) is 5.02 Å². The maximum absolute atomic E-state index is 12.9. The van der Waals surface area contributed by atoms with E-state index in [0.29, 0.717) is 26.9 Å². The summed E-state index contributed by atoms with van der Waals surface area (Å²) in [4.78, 5) is 13.5. The van der Waals surface area contributed by atoms with Crippen molar-refractivity contribution in [2.75, 3.05) is 18.8 Å². The molecule has 0 radical (unpaired) electrons. The number of nitrogens with zero attached hydrogens (tertiary/aromatic N) is 3. The number of nitrogens with two attached hydrogens (primary N) is 1. The molecule has 0 bridgehead atoms. The number of amides is 1. The molecule has 3 rings (SSSR count). The molecule has 0 unspecified atom stereocenters. The van der Waals surface area contributed by atoms with Crippen molar-refractivity contribution in [1.29, 1.82) is 0 Å². The zero-order valence-electron chi connectivity index (χ0n) is 16.4. The minimum atomic E-state index is -4.54. The summed E-state index contributed by atoms with van der Waals surface area (Å²) in [6.07, 6.45) is -4.54. The molecule has 5 nitrogen and oxygen atoms in total. The number of halogens is 4. The van der Waals surface area contributed by atoms with E-state index >= 15 is 0 Å². The Morgan fingerprint density at radius 2 is 1.80 bits per heavy atom. The molecular weight excluding hydrogens is 417 g/mol. The minimum absolute atomic E-state index is 0.00982. The van der Waals surface area contributed by atoms with Gasteiger partial charge in [-0.2, -0.15) is 18.3 Å². The summed E-state index contributed by atoms with van der Waals surface area (Å²) in [5.41, 5.74) is 8.51. The van der Waals surface area contributed by atoms with Gasteiger partial charge in [0.1, 0.15) is 6.54 Å². The van der Waals surface area contributed by atoms with E-state index in [9.17, 15) is 18.0 Å². The van der Waals surface area contributed by atoms with Gasteiger partial charge in [0.15, 0.2) is 5.69 Å². The molecule has 9 heteroatoms. The second-order valence-corrected chi connectivity index (χ2v) is 7.18. The molecule has 0 saturated heterocycles. The van der Waals surface area contributed by atoms with Gasteiger partial charge in [0.05, 0.1) is 22.1 Å². The number of aromatic nitrogens is 2. The largest absolute Gasteiger partial charge is 0.406 e. The highest BCUT2D eigenvalue weighted by molar-refractivity contribution is 6.32. The number of anilines is 1. The van der Waals surface area contributed by atoms with Gasteiger partial charge in [0, 0.05) is 12.1 Å². The predicted octanol–water partition coefficient (Wildman–Crippen LogP) is 5.11. The van der Waals surface area contributed by atoms with Crippen LogP contribution in [0.4, 0.5) is 18.9 Å². The molecule has 1 amide bonds. The summed E-state index contributed by atoms with van der Waals surface area (Å²) in [6.45, 7) is 1.85. The lowest BCUT2D eigenvalue weighted by Gasteiger charge is -2.21. The Morgan fingerprint density at radius 3 is 2.37 bits per heavy atom. The number of para-hydroxylation sites is 1. The SMILES string of the molecule is CCN(CC(F)(F)F)C(=O)c1nn(-c2ccccc2Cl)c(-c2ccc(C)cc2)c1N. The standard InChI is InChI=1S/C21H20ClF3N4O/c1-3-28(12-21(23,24)25)20(30)18-17(26)19(14-10-8-13(2)9-11-14)29(27-18)16-7-5-4-6-15(16)22/h4-11H,3,12,26H2,1-2H3. The molecule has 30 heavy (non-hydrogen) atoms. The van der Waals surface area contributed by atoms with Gasteiger partial charge < -0.3 is 10.6 Å². The van der Waals surface area contributed by atoms with Crippen LogP contribution in [0.1, 0.15) is 23.0 Å². The molecule has 0 saturated carbocycles. The van der Waals surface area contributed by atoms with Crippen LogP contribution >= 0.6 is 11.6 Å². The number of aryl methyl sites for hydroxylation is 1. The molecule has 1 aromatic heterocycles. The lowest BCUT2D eigenvalue weighted by atomic mass is 10.1. The van der Waals surface area contributed by atoms with Gasteiger partial charge in [-0.25, -0.2) is 4.68 Å². The number of benzene rings is 2. The summed E-state index contributed by atoms with van der Waals surface area (Å²) in [5, 5.41) is 4.64. The van der Waals surface area contributed by atoms with Crippen LogP contribution in [-0.2, 0) is 0 Å². The van der Waals surface area contributed by atoms with Gasteiger partial charge in [-0.15, -0.1) is 0 Å². The fourth-order valence-electron chi connectivity index (χ4n) is 3.07. The smallest absolute Gasteiger partial charge is 0.395 e. The molecule has 0 aliphatic heterocycles. The molecule has 0 spiro atoms. The van der Waals surface area contributed by atoms with E-state index < -0.39 is 18.6 Å². The fraction of sp³-hybridized carbons (Fsp3) is 0.238. The summed E-state index contributed by atoms with van der Waals surface area (Å²) in [7, 11) is 0. The first kappa shape index (κ1) is 21.7. The normalized spacial score (nSPS) is 11.5. The van der Waals surface area contributed by atoms with Crippen molar-refractivity contribution in [2.24, 2.45) is 0 Å². The minimum Gasteiger partial charge on any atom is -0.395 e. The van der Waals surface area contributed by atoms with Gasteiger partial charge in [0.25, 0.3) is 5.91 Å². The summed E-state index contributed by atoms with van der Waals surface area (Å²) < 4.78 is 40.1. The zero-order valence-corrected chi connectivity index (χ0v) is 17.1. The second kappa shape index (κ2) is 8.39. The quantitative estimate of drug-likeness (QED) is 0.604. The van der Waals surface area contributed by atoms with E-state index in [2.05, 4.69) is 5.10 Å². The predicted molar refractivity (Wildman–Crippen MR) is 111 cm³/mol. The van der Waals surface area contributed by atoms with Crippen LogP contribution in [0, 0.1) is 6.92 Å². The summed E-state index contributed by atoms with van der Waals surface area (Å²) in [6, 6.07) is 14.1. The van der Waals surface area contributed by atoms with Crippen LogP contribution in [0.25, 0.3) is 16.9 Å². The zero-order chi connectivity index (χ0) is 22.1. The number of hydrogen-bond acceptors (Lipinski definition) is 3. The first-order valence-corrected chi connectivity index (χ1v) is 9.56. The van der Waals surface area contributed by atoms with Crippen molar-refractivity contribution in [3.8, 4) is 16.9 Å². The molecule has 2 aromatic carbocycles. The van der Waals surface area contributed by atoms with E-state index in [0.717, 1.165) is 5.56 Å². The first-order valence-electron chi connectivity index (χ1n) is 9.18. The van der Waals surface area contributed by atoms with Crippen LogP contribution in [0.15, 0.2) is 48.5 Å². The topological polar surface area (TPSA) is 64.2 Å². The van der Waals surface area contributed by atoms with Gasteiger partial charge in [0.2, 0.25) is 0 Å². The molecule has 158 valence electrons. The first-order chi connectivity index (χ1) is 14.1. The number of hydrogen-bond donors (Lipinski definition) is 1. The summed E-state index contributed by atoms with van der Waals surface area (Å²) in [5.74, 6) is -0.897. The third kappa shape index (κ3) is 4.43. The fourth-order valence-corrected chi connectivity index (χ4v) is 3.28. The molecule has 1 heterocycles. The molecule has 2 N–H and O–H groups in total. The monoisotopic (exact) mass is 436 g/mol. The molecular formula is C21H20ClF3N4O. The lowest BCUT2D eigenvalue weighted by Crippen LogP contribution is -2.39. The number of carbonyl (C=O) groups excluding carboxylic acids is 1. The Morgan fingerprint density at radius 1 is 1.17 bits per heavy atom. The Bertz CT molecular complexity index is 1060. The third-order valence-electron chi connectivity index (χ3n) is 4.57. The van der Waals surface area contributed by atoms with E-state index in [-0.39, 0.29) is 17.9 Å². The van der Waals surface area contributed by atoms with Crippen LogP contribution < -0.4 is 5.73 Å². The highest BCUT2D eigenvalue weighted by Gasteiger charge is 2.35. The van der Waals surface area contributed by atoms with E-state index in [4.69, 9.17) is 17.3 Å². The van der Waals surface area contributed by atoms with Crippen LogP contribution in [-0.4, -0.2) is 39.9 Å². The van der Waals surface area contributed by atoms with Gasteiger partial charge in [-0.3, -0.25) is 4.79 Å². The van der Waals surface area contributed by atoms with Crippen molar-refractivity contribution >= 4 is 23.2 Å². The van der Waals surface area contributed by atoms with E-state index in [1.54, 1.807) is 36.4 Å². The average Bonchev–Trinajstić information content (AvgIpc) is 3.03. The van der Waals surface area contributed by atoms with Gasteiger partial charge in [-0.05, 0) is 26.0 Å². The highest BCUT2D eigenvalue weighted by atomic mass is 35.5. The molecule has 0 aliphatic carbocycles. The third-order valence-corrected chi connectivity index (χ3v) is 4.89. The van der Waals surface area contributed by atoms with Crippen molar-refractivity contribution in [3.05, 3.63) is 64.8 Å². The van der Waals surface area contributed by atoms with Crippen molar-refractivity contribution in [3.63, 3.8) is 0 Å². The number of rotatable bonds is 5. The Labute approximate surface area is 176 Å². The van der Waals surface area contributed by atoms with Crippen LogP contribution in [0.3, 0.4) is 0 Å². The molecule has 3 aromatic rings. The van der Waals surface area contributed by atoms with Crippen LogP contribution in [0.5, 0.6) is 0 Å². The van der Waals surface area contributed by atoms with Crippen molar-refractivity contribution < 1.29 is 18.0 Å². The maximum atomic E-state index is 12.9. The van der Waals surface area contributed by atoms with Gasteiger partial charge >= 0.3 is 6.18 Å². The molecule has 0 fully saturated rings. The Hall–Kier alpha value is -3.00. The van der Waals surface area contributed by atoms with E-state index in [1.165, 1.54) is 11.6 Å². The maximum Gasteiger partial charge on any atom is 0.406 e.